The second-order valence-corrected chi connectivity index (χ2v) is 8.67. The number of ether oxygens (including phenoxy) is 1. The number of carbonyl (C=O) groups excluding carboxylic acids is 1. The van der Waals surface area contributed by atoms with Crippen molar-refractivity contribution in [1.29, 1.82) is 0 Å². The minimum absolute atomic E-state index is 0.0651. The second kappa shape index (κ2) is 8.18. The van der Waals surface area contributed by atoms with Gasteiger partial charge in [0.1, 0.15) is 4.34 Å². The number of thiophene rings is 1. The molecule has 0 bridgehead atoms. The molecule has 0 N–H and O–H groups in total. The molecule has 4 rings (SSSR count). The summed E-state index contributed by atoms with van der Waals surface area (Å²) in [6.45, 7) is 5.78. The van der Waals surface area contributed by atoms with Gasteiger partial charge < -0.3 is 19.4 Å². The summed E-state index contributed by atoms with van der Waals surface area (Å²) in [5.74, 6) is 0.804. The summed E-state index contributed by atoms with van der Waals surface area (Å²) in [4.78, 5) is 18.9. The molecule has 2 fully saturated rings. The smallest absolute Gasteiger partial charge is 0.256 e. The van der Waals surface area contributed by atoms with E-state index in [1.165, 1.54) is 11.3 Å². The second-order valence-electron chi connectivity index (χ2n) is 6.39. The van der Waals surface area contributed by atoms with Crippen molar-refractivity contribution in [3.63, 3.8) is 0 Å². The summed E-state index contributed by atoms with van der Waals surface area (Å²) >= 11 is 13.3. The Hall–Kier alpha value is -1.61. The fourth-order valence-corrected chi connectivity index (χ4v) is 4.74. The van der Waals surface area contributed by atoms with Crippen molar-refractivity contribution in [3.8, 4) is 0 Å². The fraction of sp³-hybridized carbons (Fsp3) is 0.471. The van der Waals surface area contributed by atoms with E-state index >= 15 is 0 Å². The standard InChI is InChI=1S/C17H19Cl2N5O2S/c18-14-10-13(16(19)27-14)17(25)24-3-1-22(2-4-24)12-9-15(21-20-11-12)23-5-7-26-8-6-23/h9-11H,1-8H2. The van der Waals surface area contributed by atoms with Gasteiger partial charge in [0.2, 0.25) is 0 Å². The van der Waals surface area contributed by atoms with Crippen LogP contribution in [-0.4, -0.2) is 73.5 Å². The number of hydrogen-bond donors (Lipinski definition) is 0. The molecule has 2 saturated heterocycles. The molecule has 1 amide bonds. The lowest BCUT2D eigenvalue weighted by Gasteiger charge is -2.36. The Labute approximate surface area is 171 Å². The molecule has 2 aliphatic heterocycles. The number of aromatic nitrogens is 2. The maximum atomic E-state index is 12.7. The van der Waals surface area contributed by atoms with Gasteiger partial charge >= 0.3 is 0 Å². The highest BCUT2D eigenvalue weighted by atomic mass is 35.5. The van der Waals surface area contributed by atoms with Gasteiger partial charge in [-0.15, -0.1) is 16.4 Å². The highest BCUT2D eigenvalue weighted by molar-refractivity contribution is 7.20. The minimum Gasteiger partial charge on any atom is -0.378 e. The number of anilines is 2. The van der Waals surface area contributed by atoms with Gasteiger partial charge in [-0.2, -0.15) is 5.10 Å². The van der Waals surface area contributed by atoms with Gasteiger partial charge in [-0.3, -0.25) is 4.79 Å². The van der Waals surface area contributed by atoms with Crippen LogP contribution in [-0.2, 0) is 4.74 Å². The number of halogens is 2. The Morgan fingerprint density at radius 1 is 1.04 bits per heavy atom. The van der Waals surface area contributed by atoms with Gasteiger partial charge in [0.05, 0.1) is 35.0 Å². The van der Waals surface area contributed by atoms with Crippen molar-refractivity contribution < 1.29 is 9.53 Å². The largest absolute Gasteiger partial charge is 0.378 e. The van der Waals surface area contributed by atoms with Crippen LogP contribution >= 0.6 is 34.5 Å². The first kappa shape index (κ1) is 18.7. The third-order valence-electron chi connectivity index (χ3n) is 4.78. The Bertz CT molecular complexity index is 819. The molecule has 27 heavy (non-hydrogen) atoms. The van der Waals surface area contributed by atoms with E-state index in [-0.39, 0.29) is 5.91 Å². The average molecular weight is 428 g/mol. The monoisotopic (exact) mass is 427 g/mol. The van der Waals surface area contributed by atoms with Crippen molar-refractivity contribution in [2.75, 3.05) is 62.3 Å². The number of carbonyl (C=O) groups is 1. The first-order chi connectivity index (χ1) is 13.1. The van der Waals surface area contributed by atoms with Crippen LogP contribution in [0, 0.1) is 0 Å². The van der Waals surface area contributed by atoms with E-state index < -0.39 is 0 Å². The Morgan fingerprint density at radius 2 is 1.78 bits per heavy atom. The molecule has 0 aromatic carbocycles. The number of rotatable bonds is 3. The first-order valence-corrected chi connectivity index (χ1v) is 10.3. The highest BCUT2D eigenvalue weighted by Gasteiger charge is 2.25. The van der Waals surface area contributed by atoms with Gasteiger partial charge in [-0.1, -0.05) is 23.2 Å². The van der Waals surface area contributed by atoms with E-state index in [4.69, 9.17) is 27.9 Å². The summed E-state index contributed by atoms with van der Waals surface area (Å²) in [6.07, 6.45) is 1.77. The number of morpholine rings is 1. The van der Waals surface area contributed by atoms with Gasteiger partial charge in [0, 0.05) is 45.3 Å². The number of piperazine rings is 1. The maximum absolute atomic E-state index is 12.7. The molecule has 0 spiro atoms. The zero-order valence-corrected chi connectivity index (χ0v) is 16.9. The minimum atomic E-state index is -0.0651. The number of nitrogens with zero attached hydrogens (tertiary/aromatic N) is 5. The molecular weight excluding hydrogens is 409 g/mol. The summed E-state index contributed by atoms with van der Waals surface area (Å²) in [6, 6.07) is 3.70. The zero-order valence-electron chi connectivity index (χ0n) is 14.6. The summed E-state index contributed by atoms with van der Waals surface area (Å²) in [7, 11) is 0. The third-order valence-corrected chi connectivity index (χ3v) is 6.27. The van der Waals surface area contributed by atoms with Gasteiger partial charge in [-0.05, 0) is 6.07 Å². The van der Waals surface area contributed by atoms with Crippen molar-refractivity contribution in [2.45, 2.75) is 0 Å². The average Bonchev–Trinajstić information content (AvgIpc) is 3.06. The van der Waals surface area contributed by atoms with Crippen LogP contribution in [0.5, 0.6) is 0 Å². The van der Waals surface area contributed by atoms with Crippen molar-refractivity contribution in [1.82, 2.24) is 15.1 Å². The molecule has 0 radical (unpaired) electrons. The SMILES string of the molecule is O=C(c1cc(Cl)sc1Cl)N1CCN(c2cnnc(N3CCOCC3)c2)CC1. The molecule has 2 aromatic heterocycles. The molecule has 2 aliphatic rings. The first-order valence-electron chi connectivity index (χ1n) is 8.76. The molecular formula is C17H19Cl2N5O2S. The van der Waals surface area contributed by atoms with Crippen LogP contribution in [0.4, 0.5) is 11.5 Å². The lowest BCUT2D eigenvalue weighted by molar-refractivity contribution is 0.0747. The van der Waals surface area contributed by atoms with E-state index in [0.29, 0.717) is 40.5 Å². The molecule has 10 heteroatoms. The molecule has 0 aliphatic carbocycles. The van der Waals surface area contributed by atoms with Gasteiger partial charge in [0.25, 0.3) is 5.91 Å². The van der Waals surface area contributed by atoms with E-state index in [1.54, 1.807) is 12.3 Å². The van der Waals surface area contributed by atoms with E-state index in [1.807, 2.05) is 4.90 Å². The molecule has 2 aromatic rings. The summed E-state index contributed by atoms with van der Waals surface area (Å²) in [5.41, 5.74) is 1.51. The van der Waals surface area contributed by atoms with Crippen molar-refractivity contribution >= 4 is 52.0 Å². The normalized spacial score (nSPS) is 18.1. The highest BCUT2D eigenvalue weighted by Crippen LogP contribution is 2.32. The van der Waals surface area contributed by atoms with E-state index in [0.717, 1.165) is 37.7 Å². The van der Waals surface area contributed by atoms with Crippen LogP contribution in [0.3, 0.4) is 0 Å². The quantitative estimate of drug-likeness (QED) is 0.749. The zero-order chi connectivity index (χ0) is 18.8. The lowest BCUT2D eigenvalue weighted by atomic mass is 10.2. The molecule has 0 atom stereocenters. The van der Waals surface area contributed by atoms with Crippen LogP contribution in [0.2, 0.25) is 8.67 Å². The molecule has 4 heterocycles. The predicted octanol–water partition coefficient (Wildman–Crippen LogP) is 2.64. The van der Waals surface area contributed by atoms with Crippen molar-refractivity contribution in [3.05, 3.63) is 32.6 Å². The maximum Gasteiger partial charge on any atom is 0.256 e. The predicted molar refractivity (Wildman–Crippen MR) is 108 cm³/mol. The Kier molecular flexibility index (Phi) is 5.68. The lowest BCUT2D eigenvalue weighted by Crippen LogP contribution is -2.49. The molecule has 144 valence electrons. The van der Waals surface area contributed by atoms with Crippen LogP contribution in [0.1, 0.15) is 10.4 Å². The molecule has 0 unspecified atom stereocenters. The molecule has 7 nitrogen and oxygen atoms in total. The van der Waals surface area contributed by atoms with Gasteiger partial charge in [0.15, 0.2) is 5.82 Å². The molecule has 0 saturated carbocycles. The third kappa shape index (κ3) is 4.13. The summed E-state index contributed by atoms with van der Waals surface area (Å²) in [5, 5.41) is 8.42. The van der Waals surface area contributed by atoms with Crippen LogP contribution in [0.25, 0.3) is 0 Å². The summed E-state index contributed by atoms with van der Waals surface area (Å²) < 4.78 is 6.37. The Morgan fingerprint density at radius 3 is 2.44 bits per heavy atom. The van der Waals surface area contributed by atoms with Crippen LogP contribution in [0.15, 0.2) is 18.3 Å². The van der Waals surface area contributed by atoms with Crippen LogP contribution < -0.4 is 9.80 Å². The number of hydrogen-bond acceptors (Lipinski definition) is 7. The van der Waals surface area contributed by atoms with E-state index in [9.17, 15) is 4.79 Å². The fourth-order valence-electron chi connectivity index (χ4n) is 3.29. The van der Waals surface area contributed by atoms with Crippen molar-refractivity contribution in [2.24, 2.45) is 0 Å². The topological polar surface area (TPSA) is 61.8 Å². The van der Waals surface area contributed by atoms with E-state index in [2.05, 4.69) is 26.1 Å². The van der Waals surface area contributed by atoms with Gasteiger partial charge in [-0.25, -0.2) is 0 Å². The Balaban J connectivity index is 1.40. The number of amides is 1.